The van der Waals surface area contributed by atoms with Crippen molar-refractivity contribution in [2.45, 2.75) is 72.6 Å². The van der Waals surface area contributed by atoms with Crippen LogP contribution in [0.1, 0.15) is 81.4 Å². The minimum absolute atomic E-state index is 0.0375. The number of anilines is 1. The Balaban J connectivity index is 1.52. The zero-order valence-electron chi connectivity index (χ0n) is 20.0. The van der Waals surface area contributed by atoms with Crippen LogP contribution in [0, 0.1) is 23.0 Å². The van der Waals surface area contributed by atoms with Gasteiger partial charge in [-0.05, 0) is 56.6 Å². The van der Waals surface area contributed by atoms with Crippen molar-refractivity contribution >= 4 is 11.7 Å². The van der Waals surface area contributed by atoms with Gasteiger partial charge in [-0.15, -0.1) is 0 Å². The number of fused-ring (bicyclic) bond motifs is 1. The monoisotopic (exact) mass is 457 g/mol. The van der Waals surface area contributed by atoms with Gasteiger partial charge in [0.1, 0.15) is 11.6 Å². The number of benzene rings is 1. The van der Waals surface area contributed by atoms with Crippen LogP contribution in [-0.4, -0.2) is 28.4 Å². The van der Waals surface area contributed by atoms with Crippen LogP contribution in [0.4, 0.5) is 14.6 Å². The quantitative estimate of drug-likeness (QED) is 0.569. The van der Waals surface area contributed by atoms with Gasteiger partial charge in [0, 0.05) is 35.5 Å². The molecule has 3 atom stereocenters. The molecule has 178 valence electrons. The molecule has 2 aromatic rings. The SMILES string of the molecule is CCN1Cc2c(ccnc2N[C@@H](C)c2cc(F)c(O[C@H]3C[C@@H](C)CC(C)(C)C3)cc2F)C1=O. The minimum atomic E-state index is -0.574. The lowest BCUT2D eigenvalue weighted by Crippen LogP contribution is -2.34. The van der Waals surface area contributed by atoms with Crippen molar-refractivity contribution in [3.63, 3.8) is 0 Å². The Morgan fingerprint density at radius 1 is 1.27 bits per heavy atom. The fourth-order valence-electron chi connectivity index (χ4n) is 5.44. The number of hydrogen-bond acceptors (Lipinski definition) is 4. The maximum atomic E-state index is 15.0. The fraction of sp³-hybridized carbons (Fsp3) is 0.538. The lowest BCUT2D eigenvalue weighted by Gasteiger charge is -2.38. The molecule has 1 N–H and O–H groups in total. The van der Waals surface area contributed by atoms with Crippen molar-refractivity contribution in [3.8, 4) is 5.75 Å². The average molecular weight is 458 g/mol. The second kappa shape index (κ2) is 8.92. The van der Waals surface area contributed by atoms with Crippen molar-refractivity contribution in [1.82, 2.24) is 9.88 Å². The van der Waals surface area contributed by atoms with Gasteiger partial charge in [0.05, 0.1) is 18.7 Å². The second-order valence-corrected chi connectivity index (χ2v) is 10.3. The Morgan fingerprint density at radius 3 is 2.73 bits per heavy atom. The van der Waals surface area contributed by atoms with E-state index in [1.54, 1.807) is 24.1 Å². The second-order valence-electron chi connectivity index (χ2n) is 10.3. The smallest absolute Gasteiger partial charge is 0.254 e. The van der Waals surface area contributed by atoms with Crippen molar-refractivity contribution in [3.05, 3.63) is 52.7 Å². The lowest BCUT2D eigenvalue weighted by atomic mass is 9.71. The minimum Gasteiger partial charge on any atom is -0.487 e. The molecule has 2 heterocycles. The highest BCUT2D eigenvalue weighted by molar-refractivity contribution is 5.99. The van der Waals surface area contributed by atoms with Gasteiger partial charge < -0.3 is 15.0 Å². The first kappa shape index (κ1) is 23.5. The number of nitrogens with zero attached hydrogens (tertiary/aromatic N) is 2. The average Bonchev–Trinajstić information content (AvgIpc) is 3.06. The van der Waals surface area contributed by atoms with Crippen molar-refractivity contribution in [2.75, 3.05) is 11.9 Å². The van der Waals surface area contributed by atoms with E-state index in [4.69, 9.17) is 4.74 Å². The molecule has 1 fully saturated rings. The topological polar surface area (TPSA) is 54.5 Å². The summed E-state index contributed by atoms with van der Waals surface area (Å²) in [6.07, 6.45) is 4.18. The Bertz CT molecular complexity index is 1060. The van der Waals surface area contributed by atoms with Crippen LogP contribution in [0.25, 0.3) is 0 Å². The van der Waals surface area contributed by atoms with E-state index in [0.29, 0.717) is 30.4 Å². The summed E-state index contributed by atoms with van der Waals surface area (Å²) < 4.78 is 35.9. The van der Waals surface area contributed by atoms with Gasteiger partial charge in [-0.25, -0.2) is 13.8 Å². The summed E-state index contributed by atoms with van der Waals surface area (Å²) in [6, 6.07) is 3.50. The van der Waals surface area contributed by atoms with Crippen LogP contribution in [0.3, 0.4) is 0 Å². The normalized spacial score (nSPS) is 22.8. The summed E-state index contributed by atoms with van der Waals surface area (Å²) in [5.41, 5.74) is 1.69. The Morgan fingerprint density at radius 2 is 2.03 bits per heavy atom. The summed E-state index contributed by atoms with van der Waals surface area (Å²) in [4.78, 5) is 18.5. The number of carbonyl (C=O) groups excluding carboxylic acids is 1. The number of nitrogens with one attached hydrogen (secondary N) is 1. The first-order chi connectivity index (χ1) is 15.6. The highest BCUT2D eigenvalue weighted by Crippen LogP contribution is 2.40. The first-order valence-electron chi connectivity index (χ1n) is 11.8. The number of rotatable bonds is 6. The number of halogens is 2. The number of ether oxygens (including phenoxy) is 1. The van der Waals surface area contributed by atoms with E-state index in [1.165, 1.54) is 6.07 Å². The maximum absolute atomic E-state index is 15.0. The molecule has 4 rings (SSSR count). The molecule has 0 radical (unpaired) electrons. The number of pyridine rings is 1. The van der Waals surface area contributed by atoms with E-state index in [1.807, 2.05) is 6.92 Å². The molecule has 7 heteroatoms. The molecule has 0 unspecified atom stereocenters. The molecule has 0 bridgehead atoms. The summed E-state index contributed by atoms with van der Waals surface area (Å²) in [6.45, 7) is 11.3. The van der Waals surface area contributed by atoms with E-state index in [-0.39, 0.29) is 28.7 Å². The van der Waals surface area contributed by atoms with E-state index >= 15 is 4.39 Å². The standard InChI is InChI=1S/C26H33F2N3O2/c1-6-31-14-20-18(25(31)32)7-8-29-24(20)30-16(3)19-10-22(28)23(11-21(19)27)33-17-9-15(2)12-26(4,5)13-17/h7-8,10-11,15-17H,6,9,12-14H2,1-5H3,(H,29,30)/t15-,16+,17+/m1/s1. The molecule has 33 heavy (non-hydrogen) atoms. The van der Waals surface area contributed by atoms with E-state index in [0.717, 1.165) is 30.9 Å². The molecular weight excluding hydrogens is 424 g/mol. The third-order valence-corrected chi connectivity index (χ3v) is 6.82. The van der Waals surface area contributed by atoms with Crippen molar-refractivity contribution in [1.29, 1.82) is 0 Å². The molecule has 1 aliphatic heterocycles. The van der Waals surface area contributed by atoms with Crippen LogP contribution in [-0.2, 0) is 6.54 Å². The molecule has 1 aromatic heterocycles. The molecular formula is C26H33F2N3O2. The van der Waals surface area contributed by atoms with Gasteiger partial charge in [-0.3, -0.25) is 4.79 Å². The van der Waals surface area contributed by atoms with Crippen LogP contribution < -0.4 is 10.1 Å². The maximum Gasteiger partial charge on any atom is 0.254 e. The van der Waals surface area contributed by atoms with Gasteiger partial charge in [0.2, 0.25) is 0 Å². The van der Waals surface area contributed by atoms with Crippen LogP contribution >= 0.6 is 0 Å². The number of aromatic nitrogens is 1. The molecule has 0 saturated heterocycles. The van der Waals surface area contributed by atoms with Gasteiger partial charge in [0.15, 0.2) is 11.6 Å². The largest absolute Gasteiger partial charge is 0.487 e. The summed E-state index contributed by atoms with van der Waals surface area (Å²) in [5.74, 6) is -0.192. The molecule has 0 spiro atoms. The van der Waals surface area contributed by atoms with E-state index < -0.39 is 17.7 Å². The van der Waals surface area contributed by atoms with E-state index in [9.17, 15) is 9.18 Å². The predicted molar refractivity (Wildman–Crippen MR) is 124 cm³/mol. The highest BCUT2D eigenvalue weighted by atomic mass is 19.1. The Hall–Kier alpha value is -2.70. The lowest BCUT2D eigenvalue weighted by molar-refractivity contribution is 0.0533. The number of hydrogen-bond donors (Lipinski definition) is 1. The van der Waals surface area contributed by atoms with Gasteiger partial charge in [0.25, 0.3) is 5.91 Å². The highest BCUT2D eigenvalue weighted by Gasteiger charge is 2.34. The van der Waals surface area contributed by atoms with Gasteiger partial charge in [-0.2, -0.15) is 0 Å². The molecule has 5 nitrogen and oxygen atoms in total. The Labute approximate surface area is 194 Å². The zero-order chi connectivity index (χ0) is 23.9. The molecule has 1 amide bonds. The third kappa shape index (κ3) is 4.82. The van der Waals surface area contributed by atoms with Crippen LogP contribution in [0.5, 0.6) is 5.75 Å². The van der Waals surface area contributed by atoms with E-state index in [2.05, 4.69) is 31.1 Å². The fourth-order valence-corrected chi connectivity index (χ4v) is 5.44. The summed E-state index contributed by atoms with van der Waals surface area (Å²) in [5, 5.41) is 3.17. The molecule has 1 aliphatic carbocycles. The molecule has 2 aliphatic rings. The van der Waals surface area contributed by atoms with Crippen LogP contribution in [0.2, 0.25) is 0 Å². The molecule has 1 aromatic carbocycles. The predicted octanol–water partition coefficient (Wildman–Crippen LogP) is 6.10. The summed E-state index contributed by atoms with van der Waals surface area (Å²) in [7, 11) is 0. The zero-order valence-corrected chi connectivity index (χ0v) is 20.0. The first-order valence-corrected chi connectivity index (χ1v) is 11.8. The van der Waals surface area contributed by atoms with Gasteiger partial charge in [-0.1, -0.05) is 20.8 Å². The third-order valence-electron chi connectivity index (χ3n) is 6.82. The number of amides is 1. The number of carbonyl (C=O) groups is 1. The molecule has 1 saturated carbocycles. The van der Waals surface area contributed by atoms with Crippen LogP contribution in [0.15, 0.2) is 24.4 Å². The Kier molecular flexibility index (Phi) is 6.34. The van der Waals surface area contributed by atoms with Crippen molar-refractivity contribution in [2.24, 2.45) is 11.3 Å². The van der Waals surface area contributed by atoms with Gasteiger partial charge >= 0.3 is 0 Å². The summed E-state index contributed by atoms with van der Waals surface area (Å²) >= 11 is 0. The van der Waals surface area contributed by atoms with Crippen molar-refractivity contribution < 1.29 is 18.3 Å².